The molecule has 18 heavy (non-hydrogen) atoms. The third kappa shape index (κ3) is 1.88. The fourth-order valence-electron chi connectivity index (χ4n) is 2.33. The molecule has 1 aromatic carbocycles. The van der Waals surface area contributed by atoms with Gasteiger partial charge in [0.15, 0.2) is 0 Å². The second-order valence-electron chi connectivity index (χ2n) is 4.67. The first-order valence-electron chi connectivity index (χ1n) is 5.57. The van der Waals surface area contributed by atoms with E-state index in [1.165, 1.54) is 6.92 Å². The van der Waals surface area contributed by atoms with Gasteiger partial charge in [0, 0.05) is 0 Å². The summed E-state index contributed by atoms with van der Waals surface area (Å²) in [5.41, 5.74) is -0.402. The van der Waals surface area contributed by atoms with Crippen LogP contribution in [0.15, 0.2) is 30.3 Å². The molecule has 1 aliphatic rings. The second kappa shape index (κ2) is 4.25. The van der Waals surface area contributed by atoms with Gasteiger partial charge in [-0.1, -0.05) is 30.3 Å². The van der Waals surface area contributed by atoms with E-state index in [0.29, 0.717) is 0 Å². The van der Waals surface area contributed by atoms with Crippen molar-refractivity contribution < 1.29 is 19.5 Å². The number of amides is 2. The van der Waals surface area contributed by atoms with Gasteiger partial charge in [0.05, 0.1) is 5.41 Å². The lowest BCUT2D eigenvalue weighted by atomic mass is 9.74. The number of rotatable bonds is 3. The molecule has 1 heterocycles. The van der Waals surface area contributed by atoms with Crippen molar-refractivity contribution in [2.45, 2.75) is 13.3 Å². The van der Waals surface area contributed by atoms with E-state index < -0.39 is 29.1 Å². The lowest BCUT2D eigenvalue weighted by molar-refractivity contribution is -0.150. The summed E-state index contributed by atoms with van der Waals surface area (Å²) in [6.45, 7) is 1.51. The first kappa shape index (κ1) is 12.3. The summed E-state index contributed by atoms with van der Waals surface area (Å²) < 4.78 is 0. The minimum atomic E-state index is -1.33. The molecule has 94 valence electrons. The van der Waals surface area contributed by atoms with Gasteiger partial charge < -0.3 is 5.11 Å². The van der Waals surface area contributed by atoms with Gasteiger partial charge in [-0.05, 0) is 18.9 Å². The van der Waals surface area contributed by atoms with E-state index in [2.05, 4.69) is 5.32 Å². The molecule has 1 aliphatic heterocycles. The number of carboxylic acids is 1. The molecule has 2 atom stereocenters. The average molecular weight is 247 g/mol. The predicted molar refractivity (Wildman–Crippen MR) is 62.5 cm³/mol. The summed E-state index contributed by atoms with van der Waals surface area (Å²) >= 11 is 0. The van der Waals surface area contributed by atoms with Crippen LogP contribution in [0.5, 0.6) is 0 Å². The van der Waals surface area contributed by atoms with Crippen molar-refractivity contribution in [2.75, 3.05) is 0 Å². The van der Waals surface area contributed by atoms with E-state index in [1.54, 1.807) is 12.1 Å². The van der Waals surface area contributed by atoms with Crippen LogP contribution < -0.4 is 5.32 Å². The molecule has 2 N–H and O–H groups in total. The van der Waals surface area contributed by atoms with Crippen molar-refractivity contribution in [1.82, 2.24) is 5.32 Å². The van der Waals surface area contributed by atoms with Crippen LogP contribution in [0.25, 0.3) is 0 Å². The van der Waals surface area contributed by atoms with Gasteiger partial charge in [0.2, 0.25) is 11.8 Å². The zero-order chi connectivity index (χ0) is 13.3. The maximum Gasteiger partial charge on any atom is 0.317 e. The first-order chi connectivity index (χ1) is 8.45. The number of carboxylic acid groups (broad SMARTS) is 1. The van der Waals surface area contributed by atoms with Crippen molar-refractivity contribution in [2.24, 2.45) is 11.3 Å². The van der Waals surface area contributed by atoms with Crippen molar-refractivity contribution in [3.8, 4) is 0 Å². The monoisotopic (exact) mass is 247 g/mol. The average Bonchev–Trinajstić information content (AvgIpc) is 2.50. The molecule has 2 unspecified atom stereocenters. The SMILES string of the molecule is CC1(Cc2ccccc2)C(=O)NC(=O)C1C(=O)O. The van der Waals surface area contributed by atoms with Gasteiger partial charge in [-0.2, -0.15) is 0 Å². The van der Waals surface area contributed by atoms with E-state index in [1.807, 2.05) is 18.2 Å². The molecule has 0 spiro atoms. The Morgan fingerprint density at radius 3 is 2.50 bits per heavy atom. The van der Waals surface area contributed by atoms with Crippen LogP contribution in [-0.2, 0) is 20.8 Å². The highest BCUT2D eigenvalue weighted by molar-refractivity contribution is 6.15. The smallest absolute Gasteiger partial charge is 0.317 e. The lowest BCUT2D eigenvalue weighted by Gasteiger charge is -2.24. The first-order valence-corrected chi connectivity index (χ1v) is 5.57. The van der Waals surface area contributed by atoms with Gasteiger partial charge in [0.25, 0.3) is 0 Å². The molecule has 0 radical (unpaired) electrons. The van der Waals surface area contributed by atoms with Crippen LogP contribution in [0.2, 0.25) is 0 Å². The fraction of sp³-hybridized carbons (Fsp3) is 0.308. The maximum absolute atomic E-state index is 11.8. The molecule has 0 bridgehead atoms. The number of nitrogens with one attached hydrogen (secondary N) is 1. The third-order valence-electron chi connectivity index (χ3n) is 3.32. The van der Waals surface area contributed by atoms with Gasteiger partial charge >= 0.3 is 5.97 Å². The molecule has 0 aliphatic carbocycles. The van der Waals surface area contributed by atoms with Gasteiger partial charge in [-0.25, -0.2) is 0 Å². The molecule has 1 saturated heterocycles. The lowest BCUT2D eigenvalue weighted by Crippen LogP contribution is -2.38. The van der Waals surface area contributed by atoms with E-state index in [9.17, 15) is 14.4 Å². The normalized spacial score (nSPS) is 27.1. The van der Waals surface area contributed by atoms with Crippen molar-refractivity contribution >= 4 is 17.8 Å². The number of aliphatic carboxylic acids is 1. The van der Waals surface area contributed by atoms with Crippen molar-refractivity contribution in [1.29, 1.82) is 0 Å². The molecular formula is C13H13NO4. The summed E-state index contributed by atoms with van der Waals surface area (Å²) in [4.78, 5) is 34.5. The molecule has 0 aromatic heterocycles. The second-order valence-corrected chi connectivity index (χ2v) is 4.67. The fourth-order valence-corrected chi connectivity index (χ4v) is 2.33. The zero-order valence-corrected chi connectivity index (χ0v) is 9.84. The summed E-state index contributed by atoms with van der Waals surface area (Å²) in [7, 11) is 0. The molecule has 5 heteroatoms. The molecule has 0 saturated carbocycles. The Bertz CT molecular complexity index is 511. The number of hydrogen-bond acceptors (Lipinski definition) is 3. The van der Waals surface area contributed by atoms with E-state index >= 15 is 0 Å². The zero-order valence-electron chi connectivity index (χ0n) is 9.84. The summed E-state index contributed by atoms with van der Waals surface area (Å²) in [5.74, 6) is -3.85. The van der Waals surface area contributed by atoms with Crippen LogP contribution in [-0.4, -0.2) is 22.9 Å². The van der Waals surface area contributed by atoms with E-state index in [0.717, 1.165) is 5.56 Å². The van der Waals surface area contributed by atoms with Crippen molar-refractivity contribution in [3.05, 3.63) is 35.9 Å². The van der Waals surface area contributed by atoms with E-state index in [-0.39, 0.29) is 6.42 Å². The highest BCUT2D eigenvalue weighted by atomic mass is 16.4. The van der Waals surface area contributed by atoms with Gasteiger partial charge in [-0.3, -0.25) is 19.7 Å². The van der Waals surface area contributed by atoms with Gasteiger partial charge in [0.1, 0.15) is 5.92 Å². The number of carbonyl (C=O) groups is 3. The van der Waals surface area contributed by atoms with Crippen LogP contribution in [0.3, 0.4) is 0 Å². The molecule has 2 amide bonds. The topological polar surface area (TPSA) is 83.5 Å². The number of hydrogen-bond donors (Lipinski definition) is 2. The minimum absolute atomic E-state index is 0.225. The Kier molecular flexibility index (Phi) is 2.90. The van der Waals surface area contributed by atoms with Crippen LogP contribution in [0.4, 0.5) is 0 Å². The number of carbonyl (C=O) groups excluding carboxylic acids is 2. The Morgan fingerprint density at radius 2 is 1.94 bits per heavy atom. The molecule has 2 rings (SSSR count). The largest absolute Gasteiger partial charge is 0.481 e. The highest BCUT2D eigenvalue weighted by Gasteiger charge is 2.55. The van der Waals surface area contributed by atoms with Crippen LogP contribution >= 0.6 is 0 Å². The Balaban J connectivity index is 2.35. The highest BCUT2D eigenvalue weighted by Crippen LogP contribution is 2.36. The summed E-state index contributed by atoms with van der Waals surface area (Å²) in [5, 5.41) is 11.2. The predicted octanol–water partition coefficient (Wildman–Crippen LogP) is 0.593. The number of benzene rings is 1. The standard InChI is InChI=1S/C13H13NO4/c1-13(7-8-5-3-2-4-6-8)9(11(16)17)10(15)14-12(13)18/h2-6,9H,7H2,1H3,(H,16,17)(H,14,15,18). The third-order valence-corrected chi connectivity index (χ3v) is 3.32. The molecule has 5 nitrogen and oxygen atoms in total. The van der Waals surface area contributed by atoms with Crippen molar-refractivity contribution in [3.63, 3.8) is 0 Å². The Morgan fingerprint density at radius 1 is 1.33 bits per heavy atom. The molecular weight excluding hydrogens is 234 g/mol. The summed E-state index contributed by atoms with van der Waals surface area (Å²) in [6.07, 6.45) is 0.225. The van der Waals surface area contributed by atoms with Gasteiger partial charge in [-0.15, -0.1) is 0 Å². The molecule has 1 aromatic rings. The maximum atomic E-state index is 11.8. The quantitative estimate of drug-likeness (QED) is 0.605. The van der Waals surface area contributed by atoms with E-state index in [4.69, 9.17) is 5.11 Å². The molecule has 1 fully saturated rings. The Labute approximate surface area is 104 Å². The minimum Gasteiger partial charge on any atom is -0.481 e. The summed E-state index contributed by atoms with van der Waals surface area (Å²) in [6, 6.07) is 9.06. The number of imide groups is 1. The van der Waals surface area contributed by atoms with Crippen LogP contribution in [0, 0.1) is 11.3 Å². The Hall–Kier alpha value is -2.17. The van der Waals surface area contributed by atoms with Crippen LogP contribution in [0.1, 0.15) is 12.5 Å².